The number of anilines is 2. The quantitative estimate of drug-likeness (QED) is 0.781. The second kappa shape index (κ2) is 7.51. The van der Waals surface area contributed by atoms with Gasteiger partial charge in [-0.05, 0) is 41.0 Å². The molecule has 132 valence electrons. The molecule has 1 aromatic carbocycles. The first-order valence-corrected chi connectivity index (χ1v) is 8.52. The number of nitrogens with zero attached hydrogens (tertiary/aromatic N) is 4. The first kappa shape index (κ1) is 17.2. The lowest BCUT2D eigenvalue weighted by Gasteiger charge is -2.22. The Bertz CT molecular complexity index is 763. The first-order valence-electron chi connectivity index (χ1n) is 7.73. The van der Waals surface area contributed by atoms with Crippen molar-refractivity contribution in [1.29, 1.82) is 0 Å². The lowest BCUT2D eigenvalue weighted by molar-refractivity contribution is 0.0752. The van der Waals surface area contributed by atoms with E-state index in [1.54, 1.807) is 9.80 Å². The molecular weight excluding hydrogens is 392 g/mol. The molecule has 0 unspecified atom stereocenters. The molecule has 0 bridgehead atoms. The SMILES string of the molecule is Nc1nonc1C(=O)N1CCCN(C(=O)Nc2ccc(Br)cc2)CC1. The molecule has 0 atom stereocenters. The summed E-state index contributed by atoms with van der Waals surface area (Å²) in [4.78, 5) is 28.1. The fraction of sp³-hybridized carbons (Fsp3) is 0.333. The van der Waals surface area contributed by atoms with Gasteiger partial charge in [0.15, 0.2) is 0 Å². The molecule has 1 saturated heterocycles. The second-order valence-corrected chi connectivity index (χ2v) is 6.48. The van der Waals surface area contributed by atoms with Crippen LogP contribution in [-0.4, -0.2) is 58.2 Å². The number of nitrogens with two attached hydrogens (primary N) is 1. The molecule has 0 radical (unpaired) electrons. The van der Waals surface area contributed by atoms with Crippen molar-refractivity contribution in [2.45, 2.75) is 6.42 Å². The fourth-order valence-electron chi connectivity index (χ4n) is 2.55. The van der Waals surface area contributed by atoms with Gasteiger partial charge in [0.25, 0.3) is 5.91 Å². The van der Waals surface area contributed by atoms with E-state index in [0.717, 1.165) is 4.47 Å². The van der Waals surface area contributed by atoms with E-state index >= 15 is 0 Å². The Labute approximate surface area is 152 Å². The number of urea groups is 1. The van der Waals surface area contributed by atoms with Crippen LogP contribution in [0.15, 0.2) is 33.4 Å². The van der Waals surface area contributed by atoms with Gasteiger partial charge in [0.05, 0.1) is 0 Å². The zero-order valence-electron chi connectivity index (χ0n) is 13.3. The fourth-order valence-corrected chi connectivity index (χ4v) is 2.82. The molecule has 0 spiro atoms. The highest BCUT2D eigenvalue weighted by Crippen LogP contribution is 2.16. The Hall–Kier alpha value is -2.62. The summed E-state index contributed by atoms with van der Waals surface area (Å²) < 4.78 is 5.41. The first-order chi connectivity index (χ1) is 12.0. The molecule has 1 aliphatic rings. The third-order valence-electron chi connectivity index (χ3n) is 3.88. The largest absolute Gasteiger partial charge is 0.379 e. The van der Waals surface area contributed by atoms with E-state index in [-0.39, 0.29) is 23.5 Å². The van der Waals surface area contributed by atoms with E-state index in [9.17, 15) is 9.59 Å². The van der Waals surface area contributed by atoms with Crippen LogP contribution < -0.4 is 11.1 Å². The molecule has 3 rings (SSSR count). The number of halogens is 1. The minimum Gasteiger partial charge on any atom is -0.379 e. The van der Waals surface area contributed by atoms with Gasteiger partial charge in [-0.25, -0.2) is 9.42 Å². The number of nitrogens with one attached hydrogen (secondary N) is 1. The molecule has 0 aliphatic carbocycles. The molecule has 1 fully saturated rings. The van der Waals surface area contributed by atoms with Crippen molar-refractivity contribution >= 4 is 39.4 Å². The summed E-state index contributed by atoms with van der Waals surface area (Å²) in [6, 6.07) is 7.15. The van der Waals surface area contributed by atoms with Gasteiger partial charge in [0.1, 0.15) is 0 Å². The summed E-state index contributed by atoms with van der Waals surface area (Å²) in [5, 5.41) is 9.81. The van der Waals surface area contributed by atoms with Crippen molar-refractivity contribution in [3.8, 4) is 0 Å². The molecule has 9 nitrogen and oxygen atoms in total. The maximum Gasteiger partial charge on any atom is 0.321 e. The third-order valence-corrected chi connectivity index (χ3v) is 4.41. The Balaban J connectivity index is 1.59. The molecule has 1 aromatic heterocycles. The monoisotopic (exact) mass is 408 g/mol. The predicted octanol–water partition coefficient (Wildman–Crippen LogP) is 1.79. The highest BCUT2D eigenvalue weighted by Gasteiger charge is 2.26. The van der Waals surface area contributed by atoms with Crippen LogP contribution in [-0.2, 0) is 0 Å². The van der Waals surface area contributed by atoms with Gasteiger partial charge in [0, 0.05) is 36.3 Å². The second-order valence-electron chi connectivity index (χ2n) is 5.57. The lowest BCUT2D eigenvalue weighted by Crippen LogP contribution is -2.39. The zero-order valence-corrected chi connectivity index (χ0v) is 14.9. The van der Waals surface area contributed by atoms with Gasteiger partial charge in [-0.15, -0.1) is 0 Å². The molecule has 10 heteroatoms. The highest BCUT2D eigenvalue weighted by molar-refractivity contribution is 9.10. The van der Waals surface area contributed by atoms with Crippen molar-refractivity contribution in [3.63, 3.8) is 0 Å². The van der Waals surface area contributed by atoms with Crippen LogP contribution >= 0.6 is 15.9 Å². The maximum atomic E-state index is 12.4. The van der Waals surface area contributed by atoms with Gasteiger partial charge < -0.3 is 20.9 Å². The number of nitrogen functional groups attached to an aromatic ring is 1. The number of rotatable bonds is 2. The van der Waals surface area contributed by atoms with Crippen LogP contribution in [0.3, 0.4) is 0 Å². The van der Waals surface area contributed by atoms with E-state index in [4.69, 9.17) is 5.73 Å². The Kier molecular flexibility index (Phi) is 5.17. The summed E-state index contributed by atoms with van der Waals surface area (Å²) >= 11 is 3.35. The van der Waals surface area contributed by atoms with Crippen LogP contribution in [0.2, 0.25) is 0 Å². The molecule has 0 saturated carbocycles. The molecule has 1 aliphatic heterocycles. The minimum absolute atomic E-state index is 0.00719. The van der Waals surface area contributed by atoms with Crippen LogP contribution in [0, 0.1) is 0 Å². The van der Waals surface area contributed by atoms with Gasteiger partial charge >= 0.3 is 6.03 Å². The van der Waals surface area contributed by atoms with Crippen molar-refractivity contribution in [2.75, 3.05) is 37.2 Å². The van der Waals surface area contributed by atoms with Crippen molar-refractivity contribution in [3.05, 3.63) is 34.4 Å². The average molecular weight is 409 g/mol. The molecule has 2 heterocycles. The number of carbonyl (C=O) groups is 2. The van der Waals surface area contributed by atoms with Crippen LogP contribution in [0.5, 0.6) is 0 Å². The standard InChI is InChI=1S/C15H17BrN6O3/c16-10-2-4-11(5-3-10)18-15(24)22-7-1-6-21(8-9-22)14(23)12-13(17)20-25-19-12/h2-5H,1,6-9H2,(H2,17,20)(H,18,24). The predicted molar refractivity (Wildman–Crippen MR) is 94.0 cm³/mol. The molecule has 3 N–H and O–H groups in total. The zero-order chi connectivity index (χ0) is 17.8. The van der Waals surface area contributed by atoms with E-state index in [1.165, 1.54) is 0 Å². The normalized spacial score (nSPS) is 14.9. The Morgan fingerprint density at radius 3 is 2.44 bits per heavy atom. The number of hydrogen-bond donors (Lipinski definition) is 2. The summed E-state index contributed by atoms with van der Waals surface area (Å²) in [7, 11) is 0. The van der Waals surface area contributed by atoms with E-state index in [2.05, 4.69) is 36.2 Å². The summed E-state index contributed by atoms with van der Waals surface area (Å²) in [5.41, 5.74) is 6.29. The van der Waals surface area contributed by atoms with Crippen LogP contribution in [0.25, 0.3) is 0 Å². The van der Waals surface area contributed by atoms with Gasteiger partial charge in [-0.1, -0.05) is 15.9 Å². The number of hydrogen-bond acceptors (Lipinski definition) is 6. The van der Waals surface area contributed by atoms with Crippen molar-refractivity contribution in [1.82, 2.24) is 20.1 Å². The topological polar surface area (TPSA) is 118 Å². The third kappa shape index (κ3) is 4.08. The number of amides is 3. The van der Waals surface area contributed by atoms with Gasteiger partial charge in [-0.2, -0.15) is 0 Å². The molecule has 2 aromatic rings. The average Bonchev–Trinajstić information content (AvgIpc) is 2.88. The van der Waals surface area contributed by atoms with Crippen molar-refractivity contribution in [2.24, 2.45) is 0 Å². The summed E-state index contributed by atoms with van der Waals surface area (Å²) in [6.45, 7) is 1.87. The van der Waals surface area contributed by atoms with E-state index in [0.29, 0.717) is 38.3 Å². The Morgan fingerprint density at radius 1 is 1.08 bits per heavy atom. The highest BCUT2D eigenvalue weighted by atomic mass is 79.9. The molecule has 3 amide bonds. The van der Waals surface area contributed by atoms with Crippen LogP contribution in [0.1, 0.15) is 16.9 Å². The summed E-state index contributed by atoms with van der Waals surface area (Å²) in [6.07, 6.45) is 0.657. The van der Waals surface area contributed by atoms with Crippen LogP contribution in [0.4, 0.5) is 16.3 Å². The van der Waals surface area contributed by atoms with E-state index in [1.807, 2.05) is 24.3 Å². The Morgan fingerprint density at radius 2 is 1.76 bits per heavy atom. The molecular formula is C15H17BrN6O3. The number of benzene rings is 1. The van der Waals surface area contributed by atoms with E-state index < -0.39 is 0 Å². The van der Waals surface area contributed by atoms with Gasteiger partial charge in [0.2, 0.25) is 11.5 Å². The number of aromatic nitrogens is 2. The maximum absolute atomic E-state index is 12.4. The van der Waals surface area contributed by atoms with Crippen molar-refractivity contribution < 1.29 is 14.2 Å². The summed E-state index contributed by atoms with van der Waals surface area (Å²) in [5.74, 6) is -0.368. The lowest BCUT2D eigenvalue weighted by atomic mass is 10.3. The van der Waals surface area contributed by atoms with Gasteiger partial charge in [-0.3, -0.25) is 4.79 Å². The molecule has 25 heavy (non-hydrogen) atoms. The smallest absolute Gasteiger partial charge is 0.321 e. The minimum atomic E-state index is -0.339. The number of carbonyl (C=O) groups excluding carboxylic acids is 2.